The Bertz CT molecular complexity index is 1480. The van der Waals surface area contributed by atoms with E-state index in [9.17, 15) is 9.18 Å². The lowest BCUT2D eigenvalue weighted by molar-refractivity contribution is 0.102. The molecule has 0 aliphatic heterocycles. The number of nitrogens with one attached hydrogen (secondary N) is 2. The fourth-order valence-corrected chi connectivity index (χ4v) is 3.67. The Labute approximate surface area is 228 Å². The number of fused-ring (bicyclic) bond motifs is 1. The Balaban J connectivity index is 1.57. The van der Waals surface area contributed by atoms with Crippen molar-refractivity contribution < 1.29 is 36.9 Å². The number of methoxy groups -OCH3 is 1. The van der Waals surface area contributed by atoms with Gasteiger partial charge >= 0.3 is 0 Å². The van der Waals surface area contributed by atoms with Gasteiger partial charge < -0.3 is 29.6 Å². The molecule has 9 nitrogen and oxygen atoms in total. The minimum Gasteiger partial charge on any atom is -0.493 e. The molecule has 4 aromatic rings. The van der Waals surface area contributed by atoms with E-state index >= 15 is 8.78 Å². The third kappa shape index (κ3) is 6.70. The van der Waals surface area contributed by atoms with Crippen LogP contribution in [0.15, 0.2) is 55.0 Å². The summed E-state index contributed by atoms with van der Waals surface area (Å²) in [7, 11) is 3.27. The molecule has 0 aliphatic carbocycles. The average molecular weight is 557 g/mol. The van der Waals surface area contributed by atoms with Crippen molar-refractivity contribution in [2.45, 2.75) is 13.1 Å². The van der Waals surface area contributed by atoms with Crippen molar-refractivity contribution >= 4 is 22.5 Å². The molecular weight excluding hydrogens is 529 g/mol. The normalized spacial score (nSPS) is 11.7. The number of carbonyl (C=O) groups excluding carboxylic acids is 1. The first kappa shape index (κ1) is 28.4. The van der Waals surface area contributed by atoms with Gasteiger partial charge in [-0.2, -0.15) is 0 Å². The zero-order valence-electron chi connectivity index (χ0n) is 22.0. The number of likely N-dealkylation sites (N-methyl/N-ethyl adjacent to an activating group) is 1. The summed E-state index contributed by atoms with van der Waals surface area (Å²) < 4.78 is 65.4. The standard InChI is InChI=1S/C28H27F3N4O5/c1-16(29)15-39-23-4-6-33-14-19(23)28(36)35-17-10-20(30)27(21(31)11-17)40-24-5-7-34-22-13-26(38-9-8-32-2)25(37-3)12-18(22)24/h4-7,10-14,16,32H,8-9,15H2,1-3H3,(H,35,36)/t16-/m0/s1. The number of nitrogens with zero attached hydrogens (tertiary/aromatic N) is 2. The highest BCUT2D eigenvalue weighted by atomic mass is 19.1. The summed E-state index contributed by atoms with van der Waals surface area (Å²) in [5.41, 5.74) is 0.250. The molecule has 12 heteroatoms. The lowest BCUT2D eigenvalue weighted by atomic mass is 10.1. The van der Waals surface area contributed by atoms with Crippen LogP contribution in [0.1, 0.15) is 17.3 Å². The first-order valence-corrected chi connectivity index (χ1v) is 12.2. The molecule has 1 atom stereocenters. The second-order valence-corrected chi connectivity index (χ2v) is 8.57. The van der Waals surface area contributed by atoms with E-state index < -0.39 is 29.5 Å². The Kier molecular flexibility index (Phi) is 9.23. The van der Waals surface area contributed by atoms with Gasteiger partial charge in [0.25, 0.3) is 5.91 Å². The summed E-state index contributed by atoms with van der Waals surface area (Å²) in [6.45, 7) is 2.03. The van der Waals surface area contributed by atoms with Crippen LogP contribution < -0.4 is 29.6 Å². The lowest BCUT2D eigenvalue weighted by Crippen LogP contribution is -2.16. The maximum Gasteiger partial charge on any atom is 0.261 e. The van der Waals surface area contributed by atoms with Crippen LogP contribution in [0.5, 0.6) is 28.7 Å². The van der Waals surface area contributed by atoms with Crippen molar-refractivity contribution in [1.82, 2.24) is 15.3 Å². The van der Waals surface area contributed by atoms with Crippen LogP contribution in [0.3, 0.4) is 0 Å². The number of carbonyl (C=O) groups is 1. The van der Waals surface area contributed by atoms with E-state index in [1.54, 1.807) is 19.2 Å². The third-order valence-electron chi connectivity index (χ3n) is 5.56. The van der Waals surface area contributed by atoms with Gasteiger partial charge in [0.05, 0.1) is 18.2 Å². The topological polar surface area (TPSA) is 104 Å². The Morgan fingerprint density at radius 2 is 1.75 bits per heavy atom. The molecule has 1 amide bonds. The number of halogens is 3. The largest absolute Gasteiger partial charge is 0.493 e. The quantitative estimate of drug-likeness (QED) is 0.227. The molecule has 0 fully saturated rings. The maximum absolute atomic E-state index is 15.1. The highest BCUT2D eigenvalue weighted by molar-refractivity contribution is 6.06. The third-order valence-corrected chi connectivity index (χ3v) is 5.56. The van der Waals surface area contributed by atoms with Crippen molar-refractivity contribution in [2.24, 2.45) is 0 Å². The fraction of sp³-hybridized carbons (Fsp3) is 0.250. The van der Waals surface area contributed by atoms with Crippen molar-refractivity contribution in [3.8, 4) is 28.7 Å². The van der Waals surface area contributed by atoms with Crippen molar-refractivity contribution in [2.75, 3.05) is 39.2 Å². The highest BCUT2D eigenvalue weighted by Crippen LogP contribution is 2.38. The van der Waals surface area contributed by atoms with Crippen LogP contribution in [0.2, 0.25) is 0 Å². The molecule has 2 N–H and O–H groups in total. The van der Waals surface area contributed by atoms with Crippen molar-refractivity contribution in [3.05, 3.63) is 72.2 Å². The van der Waals surface area contributed by atoms with Crippen LogP contribution in [0, 0.1) is 11.6 Å². The van der Waals surface area contributed by atoms with Crippen LogP contribution in [-0.2, 0) is 0 Å². The summed E-state index contributed by atoms with van der Waals surface area (Å²) in [6, 6.07) is 7.92. The van der Waals surface area contributed by atoms with Gasteiger partial charge in [0.15, 0.2) is 28.9 Å². The minimum absolute atomic E-state index is 0.0317. The Hall–Kier alpha value is -4.58. The number of alkyl halides is 1. The van der Waals surface area contributed by atoms with Crippen molar-refractivity contribution in [1.29, 1.82) is 0 Å². The summed E-state index contributed by atoms with van der Waals surface area (Å²) in [6.07, 6.45) is 2.74. The smallest absolute Gasteiger partial charge is 0.261 e. The molecule has 0 aliphatic rings. The summed E-state index contributed by atoms with van der Waals surface area (Å²) in [5.74, 6) is -2.51. The van der Waals surface area contributed by atoms with E-state index in [0.717, 1.165) is 12.1 Å². The number of ether oxygens (including phenoxy) is 4. The predicted octanol–water partition coefficient (Wildman–Crippen LogP) is 5.30. The van der Waals surface area contributed by atoms with Gasteiger partial charge in [0.1, 0.15) is 30.9 Å². The molecule has 4 rings (SSSR count). The van der Waals surface area contributed by atoms with Crippen molar-refractivity contribution in [3.63, 3.8) is 0 Å². The molecule has 0 saturated heterocycles. The molecule has 2 aromatic heterocycles. The van der Waals surface area contributed by atoms with E-state index in [1.165, 1.54) is 44.8 Å². The molecule has 2 aromatic carbocycles. The molecule has 0 saturated carbocycles. The maximum atomic E-state index is 15.1. The number of pyridine rings is 2. The minimum atomic E-state index is -1.27. The van der Waals surface area contributed by atoms with Crippen LogP contribution in [0.4, 0.5) is 18.9 Å². The number of aromatic nitrogens is 2. The van der Waals surface area contributed by atoms with Gasteiger partial charge in [-0.1, -0.05) is 0 Å². The van der Waals surface area contributed by atoms with Gasteiger partial charge in [-0.05, 0) is 32.2 Å². The second-order valence-electron chi connectivity index (χ2n) is 8.57. The van der Waals surface area contributed by atoms with E-state index in [2.05, 4.69) is 20.6 Å². The van der Waals surface area contributed by atoms with Gasteiger partial charge in [0.2, 0.25) is 0 Å². The van der Waals surface area contributed by atoms with E-state index in [1.807, 2.05) is 0 Å². The van der Waals surface area contributed by atoms with E-state index in [0.29, 0.717) is 35.6 Å². The number of hydrogen-bond acceptors (Lipinski definition) is 8. The molecular formula is C28H27F3N4O5. The molecule has 2 heterocycles. The fourth-order valence-electron chi connectivity index (χ4n) is 3.67. The number of anilines is 1. The molecule has 0 spiro atoms. The Morgan fingerprint density at radius 3 is 2.45 bits per heavy atom. The number of amides is 1. The first-order chi connectivity index (χ1) is 19.3. The van der Waals surface area contributed by atoms with E-state index in [4.69, 9.17) is 18.9 Å². The summed E-state index contributed by atoms with van der Waals surface area (Å²) in [4.78, 5) is 20.9. The van der Waals surface area contributed by atoms with Gasteiger partial charge in [-0.3, -0.25) is 14.8 Å². The van der Waals surface area contributed by atoms with Crippen LogP contribution in [0.25, 0.3) is 10.9 Å². The summed E-state index contributed by atoms with van der Waals surface area (Å²) in [5, 5.41) is 5.81. The molecule has 210 valence electrons. The highest BCUT2D eigenvalue weighted by Gasteiger charge is 2.20. The summed E-state index contributed by atoms with van der Waals surface area (Å²) >= 11 is 0. The Morgan fingerprint density at radius 1 is 1.00 bits per heavy atom. The monoisotopic (exact) mass is 556 g/mol. The van der Waals surface area contributed by atoms with E-state index in [-0.39, 0.29) is 29.4 Å². The van der Waals surface area contributed by atoms with Gasteiger partial charge in [-0.15, -0.1) is 0 Å². The van der Waals surface area contributed by atoms with Gasteiger partial charge in [-0.25, -0.2) is 13.2 Å². The van der Waals surface area contributed by atoms with Crippen LogP contribution in [-0.4, -0.2) is 56.0 Å². The average Bonchev–Trinajstić information content (AvgIpc) is 2.93. The lowest BCUT2D eigenvalue weighted by Gasteiger charge is -2.15. The zero-order chi connectivity index (χ0) is 28.6. The molecule has 0 bridgehead atoms. The molecule has 0 radical (unpaired) electrons. The molecule has 40 heavy (non-hydrogen) atoms. The number of rotatable bonds is 12. The molecule has 0 unspecified atom stereocenters. The second kappa shape index (κ2) is 13.0. The van der Waals surface area contributed by atoms with Crippen LogP contribution >= 0.6 is 0 Å². The SMILES string of the molecule is CNCCOc1cc2nccc(Oc3c(F)cc(NC(=O)c4cnccc4OC[C@H](C)F)cc3F)c2cc1OC. The zero-order valence-corrected chi connectivity index (χ0v) is 22.0. The van der Waals surface area contributed by atoms with Gasteiger partial charge in [0, 0.05) is 54.4 Å². The number of benzene rings is 2. The number of hydrogen-bond donors (Lipinski definition) is 2. The predicted molar refractivity (Wildman–Crippen MR) is 142 cm³/mol. The first-order valence-electron chi connectivity index (χ1n) is 12.2.